The van der Waals surface area contributed by atoms with Crippen LogP contribution in [0.1, 0.15) is 19.8 Å². The van der Waals surface area contributed by atoms with Crippen LogP contribution in [0.3, 0.4) is 0 Å². The summed E-state index contributed by atoms with van der Waals surface area (Å²) in [5.74, 6) is -0.277. The Labute approximate surface area is 118 Å². The summed E-state index contributed by atoms with van der Waals surface area (Å²) < 4.78 is 41.6. The molecule has 1 aromatic rings. The zero-order chi connectivity index (χ0) is 14.8. The van der Waals surface area contributed by atoms with Crippen LogP contribution in [-0.2, 0) is 14.8 Å². The molecule has 1 saturated heterocycles. The first-order valence-electron chi connectivity index (χ1n) is 6.59. The van der Waals surface area contributed by atoms with Crippen molar-refractivity contribution in [3.8, 4) is 0 Å². The van der Waals surface area contributed by atoms with E-state index >= 15 is 0 Å². The fourth-order valence-electron chi connectivity index (χ4n) is 2.43. The minimum atomic E-state index is -3.87. The van der Waals surface area contributed by atoms with Crippen LogP contribution in [0.25, 0.3) is 0 Å². The number of sulfonamides is 1. The van der Waals surface area contributed by atoms with E-state index in [0.717, 1.165) is 25.5 Å². The van der Waals surface area contributed by atoms with E-state index in [1.165, 1.54) is 12.1 Å². The number of ether oxygens (including phenoxy) is 1. The lowest BCUT2D eigenvalue weighted by Crippen LogP contribution is -2.23. The zero-order valence-corrected chi connectivity index (χ0v) is 12.1. The molecule has 1 aliphatic heterocycles. The summed E-state index contributed by atoms with van der Waals surface area (Å²) in [7, 11) is -3.87. The number of hydrogen-bond donors (Lipinski definition) is 2. The predicted octanol–water partition coefficient (Wildman–Crippen LogP) is 1.70. The van der Waals surface area contributed by atoms with E-state index in [4.69, 9.17) is 9.88 Å². The van der Waals surface area contributed by atoms with Gasteiger partial charge in [0.15, 0.2) is 0 Å². The van der Waals surface area contributed by atoms with Crippen LogP contribution in [0.2, 0.25) is 0 Å². The molecule has 3 N–H and O–H groups in total. The van der Waals surface area contributed by atoms with Crippen molar-refractivity contribution < 1.29 is 17.5 Å². The molecule has 1 heterocycles. The molecule has 2 unspecified atom stereocenters. The Morgan fingerprint density at radius 2 is 2.25 bits per heavy atom. The highest BCUT2D eigenvalue weighted by Gasteiger charge is 2.26. The summed E-state index contributed by atoms with van der Waals surface area (Å²) >= 11 is 0. The van der Waals surface area contributed by atoms with E-state index in [-0.39, 0.29) is 16.7 Å². The molecule has 1 aliphatic rings. The number of halogens is 1. The summed E-state index contributed by atoms with van der Waals surface area (Å²) in [4.78, 5) is -0.226. The highest BCUT2D eigenvalue weighted by Crippen LogP contribution is 2.25. The Kier molecular flexibility index (Phi) is 4.62. The quantitative estimate of drug-likeness (QED) is 0.867. The van der Waals surface area contributed by atoms with Gasteiger partial charge >= 0.3 is 0 Å². The van der Waals surface area contributed by atoms with Crippen molar-refractivity contribution in [1.29, 1.82) is 0 Å². The molecule has 112 valence electrons. The second-order valence-corrected chi connectivity index (χ2v) is 6.50. The molecule has 0 aromatic heterocycles. The summed E-state index contributed by atoms with van der Waals surface area (Å²) in [5, 5.41) is 7.96. The highest BCUT2D eigenvalue weighted by atomic mass is 32.2. The Hall–Kier alpha value is -1.18. The first kappa shape index (κ1) is 15.2. The van der Waals surface area contributed by atoms with Gasteiger partial charge in [0.1, 0.15) is 5.82 Å². The number of hydrogen-bond acceptors (Lipinski definition) is 4. The molecule has 0 bridgehead atoms. The predicted molar refractivity (Wildman–Crippen MR) is 74.4 cm³/mol. The van der Waals surface area contributed by atoms with Gasteiger partial charge in [-0.2, -0.15) is 0 Å². The van der Waals surface area contributed by atoms with E-state index in [2.05, 4.69) is 12.2 Å². The van der Waals surface area contributed by atoms with Gasteiger partial charge in [0.2, 0.25) is 10.0 Å². The summed E-state index contributed by atoms with van der Waals surface area (Å²) in [6.07, 6.45) is 2.08. The minimum absolute atomic E-state index is 0.203. The van der Waals surface area contributed by atoms with Gasteiger partial charge in [0.25, 0.3) is 0 Å². The molecule has 7 heteroatoms. The van der Waals surface area contributed by atoms with Crippen LogP contribution in [0.15, 0.2) is 23.1 Å². The summed E-state index contributed by atoms with van der Waals surface area (Å²) in [6, 6.07) is 3.62. The van der Waals surface area contributed by atoms with Gasteiger partial charge in [-0.15, -0.1) is 0 Å². The molecule has 2 atom stereocenters. The lowest BCUT2D eigenvalue weighted by molar-refractivity contribution is 0.0900. The minimum Gasteiger partial charge on any atom is -0.382 e. The van der Waals surface area contributed by atoms with Crippen molar-refractivity contribution in [3.63, 3.8) is 0 Å². The summed E-state index contributed by atoms with van der Waals surface area (Å²) in [6.45, 7) is 3.40. The molecule has 0 saturated carbocycles. The Balaban J connectivity index is 2.03. The normalized spacial score (nSPS) is 22.9. The molecular formula is C13H19FN2O3S. The van der Waals surface area contributed by atoms with Crippen LogP contribution in [0, 0.1) is 11.7 Å². The van der Waals surface area contributed by atoms with Crippen LogP contribution < -0.4 is 10.5 Å². The van der Waals surface area contributed by atoms with Crippen molar-refractivity contribution in [2.75, 3.05) is 18.5 Å². The first-order valence-corrected chi connectivity index (χ1v) is 8.14. The highest BCUT2D eigenvalue weighted by molar-refractivity contribution is 7.89. The third-order valence-corrected chi connectivity index (χ3v) is 4.48. The van der Waals surface area contributed by atoms with Crippen molar-refractivity contribution in [3.05, 3.63) is 24.0 Å². The maximum Gasteiger partial charge on any atom is 0.238 e. The lowest BCUT2D eigenvalue weighted by atomic mass is 9.99. The number of anilines is 1. The van der Waals surface area contributed by atoms with E-state index in [1.54, 1.807) is 0 Å². The van der Waals surface area contributed by atoms with E-state index in [1.807, 2.05) is 0 Å². The van der Waals surface area contributed by atoms with Gasteiger partial charge in [0.05, 0.1) is 16.7 Å². The van der Waals surface area contributed by atoms with Crippen molar-refractivity contribution in [2.45, 2.75) is 30.8 Å². The first-order chi connectivity index (χ1) is 9.41. The van der Waals surface area contributed by atoms with Crippen LogP contribution >= 0.6 is 0 Å². The number of nitrogens with two attached hydrogens (primary N) is 1. The monoisotopic (exact) mass is 302 g/mol. The molecule has 0 spiro atoms. The molecule has 0 radical (unpaired) electrons. The fourth-order valence-corrected chi connectivity index (χ4v) is 2.96. The van der Waals surface area contributed by atoms with Crippen molar-refractivity contribution >= 4 is 15.7 Å². The molecule has 1 fully saturated rings. The number of benzene rings is 1. The van der Waals surface area contributed by atoms with E-state index in [0.29, 0.717) is 12.5 Å². The van der Waals surface area contributed by atoms with Crippen LogP contribution in [0.4, 0.5) is 10.1 Å². The molecule has 0 aliphatic carbocycles. The third-order valence-electron chi connectivity index (χ3n) is 3.57. The Bertz CT molecular complexity index is 577. The third kappa shape index (κ3) is 3.47. The number of nitrogens with one attached hydrogen (secondary N) is 1. The van der Waals surface area contributed by atoms with Gasteiger partial charge in [-0.25, -0.2) is 17.9 Å². The fraction of sp³-hybridized carbons (Fsp3) is 0.538. The largest absolute Gasteiger partial charge is 0.382 e. The van der Waals surface area contributed by atoms with E-state index in [9.17, 15) is 12.8 Å². The summed E-state index contributed by atoms with van der Waals surface area (Å²) in [5.41, 5.74) is 0.277. The van der Waals surface area contributed by atoms with Gasteiger partial charge < -0.3 is 10.1 Å². The van der Waals surface area contributed by atoms with Crippen molar-refractivity contribution in [2.24, 2.45) is 11.1 Å². The standard InChI is InChI=1S/C13H19FN2O3S/c1-2-13-9(5-6-19-13)8-16-12-4-3-10(7-11(12)14)20(15,17)18/h3-4,7,9,13,16H,2,5-6,8H2,1H3,(H2,15,17,18). The SMILES string of the molecule is CCC1OCCC1CNc1ccc(S(N)(=O)=O)cc1F. The van der Waals surface area contributed by atoms with Crippen LogP contribution in [0.5, 0.6) is 0 Å². The second-order valence-electron chi connectivity index (χ2n) is 4.93. The maximum absolute atomic E-state index is 13.8. The maximum atomic E-state index is 13.8. The lowest BCUT2D eigenvalue weighted by Gasteiger charge is -2.18. The zero-order valence-electron chi connectivity index (χ0n) is 11.3. The smallest absolute Gasteiger partial charge is 0.238 e. The van der Waals surface area contributed by atoms with Gasteiger partial charge in [-0.1, -0.05) is 6.92 Å². The van der Waals surface area contributed by atoms with Gasteiger partial charge in [-0.3, -0.25) is 0 Å². The molecule has 1 aromatic carbocycles. The van der Waals surface area contributed by atoms with Gasteiger partial charge in [0, 0.05) is 19.1 Å². The average molecular weight is 302 g/mol. The van der Waals surface area contributed by atoms with Crippen molar-refractivity contribution in [1.82, 2.24) is 0 Å². The van der Waals surface area contributed by atoms with E-state index < -0.39 is 15.8 Å². The second kappa shape index (κ2) is 6.07. The molecule has 20 heavy (non-hydrogen) atoms. The Morgan fingerprint density at radius 1 is 1.50 bits per heavy atom. The average Bonchev–Trinajstić information content (AvgIpc) is 2.83. The topological polar surface area (TPSA) is 81.4 Å². The molecule has 2 rings (SSSR count). The molecule has 5 nitrogen and oxygen atoms in total. The molecular weight excluding hydrogens is 283 g/mol. The number of rotatable bonds is 5. The number of primary sulfonamides is 1. The van der Waals surface area contributed by atoms with Gasteiger partial charge in [-0.05, 0) is 31.0 Å². The molecule has 0 amide bonds. The Morgan fingerprint density at radius 3 is 2.85 bits per heavy atom. The van der Waals surface area contributed by atoms with Crippen LogP contribution in [-0.4, -0.2) is 27.7 Å².